The Bertz CT molecular complexity index is 1920. The molecule has 0 N–H and O–H groups in total. The van der Waals surface area contributed by atoms with Gasteiger partial charge in [-0.25, -0.2) is 0 Å². The fourth-order valence-corrected chi connectivity index (χ4v) is 14.2. The molecule has 0 amide bonds. The van der Waals surface area contributed by atoms with Crippen LogP contribution in [0.3, 0.4) is 0 Å². The van der Waals surface area contributed by atoms with Crippen LogP contribution in [0.4, 0.5) is 0 Å². The monoisotopic (exact) mass is 1470 g/mol. The molecule has 0 aromatic rings. The molecule has 616 valence electrons. The SMILES string of the molecule is CCCCCCC/C=C\C/C=C\C/C=C\CCCCCCCCCCCCCCCCCCCCCCCCCCC(=O)OC(COC(=O)CCCCCCCCCCCCCCCCCCCCCCCCCCCCCCC/C=C\C/C=C\CCCCCCC)COC(OCC[N+](C)(C)C)C(=O)[O-]. The maximum atomic E-state index is 13.0. The Balaban J connectivity index is 3.88. The zero-order valence-electron chi connectivity index (χ0n) is 70.9. The van der Waals surface area contributed by atoms with Crippen LogP contribution in [0, 0.1) is 0 Å². The van der Waals surface area contributed by atoms with E-state index in [1.807, 2.05) is 21.1 Å². The quantitative estimate of drug-likeness (QED) is 0.0195. The molecule has 0 radical (unpaired) electrons. The normalized spacial score (nSPS) is 12.8. The Morgan fingerprint density at radius 2 is 0.514 bits per heavy atom. The van der Waals surface area contributed by atoms with Gasteiger partial charge in [0.25, 0.3) is 0 Å². The number of carboxylic acids is 1. The molecule has 2 atom stereocenters. The minimum atomic E-state index is -1.62. The summed E-state index contributed by atoms with van der Waals surface area (Å²) < 4.78 is 22.9. The average Bonchev–Trinajstić information content (AvgIpc) is 1.97. The van der Waals surface area contributed by atoms with Crippen molar-refractivity contribution in [3.05, 3.63) is 60.8 Å². The number of quaternary nitrogens is 1. The first-order chi connectivity index (χ1) is 51.6. The lowest BCUT2D eigenvalue weighted by Crippen LogP contribution is -2.44. The molecule has 105 heavy (non-hydrogen) atoms. The summed E-state index contributed by atoms with van der Waals surface area (Å²) in [6, 6.07) is 0. The van der Waals surface area contributed by atoms with E-state index in [-0.39, 0.29) is 32.2 Å². The lowest BCUT2D eigenvalue weighted by Gasteiger charge is -2.26. The highest BCUT2D eigenvalue weighted by Gasteiger charge is 2.22. The topological polar surface area (TPSA) is 111 Å². The number of aliphatic carboxylic acids is 1. The van der Waals surface area contributed by atoms with Gasteiger partial charge in [-0.3, -0.25) is 9.59 Å². The summed E-state index contributed by atoms with van der Waals surface area (Å²) in [6.45, 7) is 4.81. The molecule has 0 rings (SSSR count). The number of hydrogen-bond donors (Lipinski definition) is 0. The van der Waals surface area contributed by atoms with Gasteiger partial charge >= 0.3 is 11.9 Å². The first-order valence-corrected chi connectivity index (χ1v) is 46.4. The zero-order valence-corrected chi connectivity index (χ0v) is 70.9. The summed E-state index contributed by atoms with van der Waals surface area (Å²) >= 11 is 0. The highest BCUT2D eigenvalue weighted by atomic mass is 16.7. The van der Waals surface area contributed by atoms with E-state index in [0.717, 1.165) is 57.8 Å². The van der Waals surface area contributed by atoms with Crippen molar-refractivity contribution in [1.82, 2.24) is 0 Å². The number of carbonyl (C=O) groups excluding carboxylic acids is 3. The van der Waals surface area contributed by atoms with Crippen molar-refractivity contribution in [2.75, 3.05) is 47.5 Å². The molecule has 0 spiro atoms. The highest BCUT2D eigenvalue weighted by molar-refractivity contribution is 5.70. The summed E-state index contributed by atoms with van der Waals surface area (Å²) in [4.78, 5) is 37.7. The minimum absolute atomic E-state index is 0.151. The van der Waals surface area contributed by atoms with Crippen LogP contribution in [0.25, 0.3) is 0 Å². The molecule has 0 saturated carbocycles. The number of carbonyl (C=O) groups is 3. The van der Waals surface area contributed by atoms with Gasteiger partial charge in [0, 0.05) is 12.8 Å². The second-order valence-corrected chi connectivity index (χ2v) is 32.9. The highest BCUT2D eigenvalue weighted by Crippen LogP contribution is 2.21. The Morgan fingerprint density at radius 3 is 0.762 bits per heavy atom. The van der Waals surface area contributed by atoms with Gasteiger partial charge < -0.3 is 33.3 Å². The molecule has 0 fully saturated rings. The molecular formula is C96H179NO8. The molecule has 9 nitrogen and oxygen atoms in total. The van der Waals surface area contributed by atoms with Crippen molar-refractivity contribution in [3.8, 4) is 0 Å². The summed E-state index contributed by atoms with van der Waals surface area (Å²) in [5, 5.41) is 11.9. The van der Waals surface area contributed by atoms with Gasteiger partial charge in [-0.1, -0.05) is 441 Å². The van der Waals surface area contributed by atoms with Gasteiger partial charge in [-0.05, 0) is 83.5 Å². The van der Waals surface area contributed by atoms with E-state index in [0.29, 0.717) is 17.4 Å². The van der Waals surface area contributed by atoms with Crippen molar-refractivity contribution in [3.63, 3.8) is 0 Å². The first-order valence-electron chi connectivity index (χ1n) is 46.4. The number of esters is 2. The van der Waals surface area contributed by atoms with Crippen molar-refractivity contribution >= 4 is 17.9 Å². The fraction of sp³-hybridized carbons (Fsp3) is 0.865. The van der Waals surface area contributed by atoms with Gasteiger partial charge in [0.05, 0.1) is 40.3 Å². The van der Waals surface area contributed by atoms with Gasteiger partial charge in [-0.15, -0.1) is 0 Å². The minimum Gasteiger partial charge on any atom is -0.545 e. The fourth-order valence-electron chi connectivity index (χ4n) is 14.2. The third kappa shape index (κ3) is 88.1. The molecule has 2 unspecified atom stereocenters. The number of hydrogen-bond acceptors (Lipinski definition) is 8. The molecule has 0 saturated heterocycles. The lowest BCUT2D eigenvalue weighted by atomic mass is 10.0. The van der Waals surface area contributed by atoms with Gasteiger partial charge in [0.1, 0.15) is 13.2 Å². The predicted molar refractivity (Wildman–Crippen MR) is 454 cm³/mol. The van der Waals surface area contributed by atoms with E-state index >= 15 is 0 Å². The van der Waals surface area contributed by atoms with Crippen LogP contribution in [0.5, 0.6) is 0 Å². The second kappa shape index (κ2) is 86.6. The van der Waals surface area contributed by atoms with Crippen LogP contribution in [-0.2, 0) is 33.3 Å². The molecule has 0 heterocycles. The van der Waals surface area contributed by atoms with E-state index in [4.69, 9.17) is 18.9 Å². The van der Waals surface area contributed by atoms with Crippen molar-refractivity contribution in [2.24, 2.45) is 0 Å². The average molecular weight is 1480 g/mol. The standard InChI is InChI=1S/C96H179NO8/c1-6-8-10-12-14-16-18-20-22-24-26-28-30-32-34-36-38-40-42-44-46-47-49-50-52-54-56-58-60-62-64-66-68-70-72-74-76-78-80-82-84-86-93(98)103-90-92(91-104-96(95(100)101)102-89-88-97(3,4)5)105-94(99)87-85-83-81-79-77-75-73-71-69-67-65-63-61-59-57-55-53-51-48-45-43-41-39-37-35-33-31-29-27-25-23-21-19-17-15-13-11-9-7-2/h18-21,24-27,31,33,92,96H,6-17,22-23,28-30,32,34-91H2,1-5H3/b20-18-,21-19-,26-24-,27-25-,33-31-. The third-order valence-corrected chi connectivity index (χ3v) is 21.2. The van der Waals surface area contributed by atoms with Gasteiger partial charge in [-0.2, -0.15) is 0 Å². The van der Waals surface area contributed by atoms with Gasteiger partial charge in [0.15, 0.2) is 12.4 Å². The van der Waals surface area contributed by atoms with Crippen molar-refractivity contribution in [2.45, 2.75) is 489 Å². The molecule has 9 heteroatoms. The number of nitrogens with zero attached hydrogens (tertiary/aromatic N) is 1. The molecule has 0 aromatic carbocycles. The molecule has 0 aliphatic rings. The number of unbranched alkanes of at least 4 members (excludes halogenated alkanes) is 63. The molecule has 0 bridgehead atoms. The Hall–Kier alpha value is -3.01. The second-order valence-electron chi connectivity index (χ2n) is 32.9. The number of rotatable bonds is 88. The predicted octanol–water partition coefficient (Wildman–Crippen LogP) is 29.2. The van der Waals surface area contributed by atoms with Crippen molar-refractivity contribution in [1.29, 1.82) is 0 Å². The Kier molecular flexibility index (Phi) is 84.1. The largest absolute Gasteiger partial charge is 0.545 e. The summed E-state index contributed by atoms with van der Waals surface area (Å²) in [7, 11) is 5.96. The summed E-state index contributed by atoms with van der Waals surface area (Å²) in [6.07, 6.45) is 114. The van der Waals surface area contributed by atoms with Crippen LogP contribution in [0.15, 0.2) is 60.8 Å². The summed E-state index contributed by atoms with van der Waals surface area (Å²) in [5.74, 6) is -2.24. The zero-order chi connectivity index (χ0) is 76.0. The van der Waals surface area contributed by atoms with Gasteiger partial charge in [0.2, 0.25) is 0 Å². The van der Waals surface area contributed by atoms with E-state index in [2.05, 4.69) is 74.6 Å². The van der Waals surface area contributed by atoms with E-state index in [1.54, 1.807) is 0 Å². The van der Waals surface area contributed by atoms with Crippen LogP contribution < -0.4 is 5.11 Å². The van der Waals surface area contributed by atoms with Crippen LogP contribution in [0.1, 0.15) is 476 Å². The van der Waals surface area contributed by atoms with E-state index in [9.17, 15) is 19.5 Å². The number of likely N-dealkylation sites (N-methyl/N-ethyl adjacent to an activating group) is 1. The molecule has 0 aromatic heterocycles. The van der Waals surface area contributed by atoms with Crippen LogP contribution >= 0.6 is 0 Å². The Morgan fingerprint density at radius 1 is 0.286 bits per heavy atom. The first kappa shape index (κ1) is 102. The Labute approximate surface area is 654 Å². The molecular weight excluding hydrogens is 1300 g/mol. The number of allylic oxidation sites excluding steroid dienone is 10. The van der Waals surface area contributed by atoms with Crippen LogP contribution in [0.2, 0.25) is 0 Å². The van der Waals surface area contributed by atoms with Crippen LogP contribution in [-0.4, -0.2) is 82.3 Å². The van der Waals surface area contributed by atoms with E-state index in [1.165, 1.54) is 392 Å². The van der Waals surface area contributed by atoms with Crippen molar-refractivity contribution < 1.29 is 42.9 Å². The molecule has 0 aliphatic carbocycles. The molecule has 0 aliphatic heterocycles. The maximum Gasteiger partial charge on any atom is 0.306 e. The maximum absolute atomic E-state index is 13.0. The number of ether oxygens (including phenoxy) is 4. The number of carboxylic acid groups (broad SMARTS) is 1. The third-order valence-electron chi connectivity index (χ3n) is 21.2. The smallest absolute Gasteiger partial charge is 0.306 e. The van der Waals surface area contributed by atoms with E-state index < -0.39 is 24.3 Å². The lowest BCUT2D eigenvalue weighted by molar-refractivity contribution is -0.870. The summed E-state index contributed by atoms with van der Waals surface area (Å²) in [5.41, 5.74) is 0.